The molecular weight excluding hydrogens is 419 g/mol. The Bertz CT molecular complexity index is 868. The number of Topliss-reactive ketones (excluding diaryl/α,β-unsaturated/α-hetero) is 1. The number of thiophene rings is 1. The number of carbonyl (C=O) groups excluding carboxylic acids is 3. The second-order valence-corrected chi connectivity index (χ2v) is 7.07. The summed E-state index contributed by atoms with van der Waals surface area (Å²) in [7, 11) is 0. The summed E-state index contributed by atoms with van der Waals surface area (Å²) in [6.07, 6.45) is -6.18. The maximum Gasteiger partial charge on any atom is 0.416 e. The van der Waals surface area contributed by atoms with Crippen molar-refractivity contribution >= 4 is 46.3 Å². The van der Waals surface area contributed by atoms with E-state index in [4.69, 9.17) is 16.3 Å². The summed E-state index contributed by atoms with van der Waals surface area (Å²) in [5, 5.41) is 3.84. The van der Waals surface area contributed by atoms with E-state index in [1.54, 1.807) is 17.5 Å². The van der Waals surface area contributed by atoms with Gasteiger partial charge in [-0.15, -0.1) is 11.3 Å². The van der Waals surface area contributed by atoms with E-state index in [1.165, 1.54) is 18.3 Å². The molecule has 0 unspecified atom stereocenters. The first-order valence-electron chi connectivity index (χ1n) is 8.01. The van der Waals surface area contributed by atoms with Gasteiger partial charge in [0.1, 0.15) is 0 Å². The Morgan fingerprint density at radius 3 is 2.54 bits per heavy atom. The van der Waals surface area contributed by atoms with Crippen molar-refractivity contribution in [2.75, 3.05) is 5.32 Å². The number of carbonyl (C=O) groups is 3. The largest absolute Gasteiger partial charge is 0.453 e. The van der Waals surface area contributed by atoms with Crippen LogP contribution in [0.2, 0.25) is 5.02 Å². The number of esters is 1. The molecule has 0 aliphatic heterocycles. The SMILES string of the molecule is C[C@@H](OC(=O)CCC(=O)c1cccs1)C(=O)Nc1cc(C(F)(F)F)ccc1Cl. The van der Waals surface area contributed by atoms with Gasteiger partial charge in [-0.25, -0.2) is 0 Å². The molecule has 1 N–H and O–H groups in total. The molecule has 0 bridgehead atoms. The van der Waals surface area contributed by atoms with Gasteiger partial charge >= 0.3 is 12.1 Å². The predicted octanol–water partition coefficient (Wildman–Crippen LogP) is 4.95. The minimum atomic E-state index is -4.60. The molecule has 1 heterocycles. The van der Waals surface area contributed by atoms with Crippen molar-refractivity contribution in [3.63, 3.8) is 0 Å². The van der Waals surface area contributed by atoms with Gasteiger partial charge in [-0.1, -0.05) is 17.7 Å². The third-order valence-electron chi connectivity index (χ3n) is 3.58. The normalized spacial score (nSPS) is 12.3. The van der Waals surface area contributed by atoms with Crippen LogP contribution in [0.5, 0.6) is 0 Å². The molecule has 0 aliphatic carbocycles. The van der Waals surface area contributed by atoms with E-state index in [0.29, 0.717) is 10.9 Å². The van der Waals surface area contributed by atoms with Gasteiger partial charge in [0.05, 0.1) is 27.6 Å². The number of hydrogen-bond donors (Lipinski definition) is 1. The van der Waals surface area contributed by atoms with Crippen molar-refractivity contribution in [1.29, 1.82) is 0 Å². The number of amides is 1. The molecule has 28 heavy (non-hydrogen) atoms. The highest BCUT2D eigenvalue weighted by molar-refractivity contribution is 7.12. The van der Waals surface area contributed by atoms with E-state index in [-0.39, 0.29) is 29.3 Å². The number of nitrogens with one attached hydrogen (secondary N) is 1. The highest BCUT2D eigenvalue weighted by atomic mass is 35.5. The lowest BCUT2D eigenvalue weighted by atomic mass is 10.2. The van der Waals surface area contributed by atoms with E-state index in [1.807, 2.05) is 0 Å². The van der Waals surface area contributed by atoms with E-state index in [0.717, 1.165) is 12.1 Å². The summed E-state index contributed by atoms with van der Waals surface area (Å²) >= 11 is 7.06. The summed E-state index contributed by atoms with van der Waals surface area (Å²) in [5.41, 5.74) is -1.23. The van der Waals surface area contributed by atoms with Gasteiger partial charge in [0, 0.05) is 6.42 Å². The molecule has 5 nitrogen and oxygen atoms in total. The first-order valence-corrected chi connectivity index (χ1v) is 9.27. The standard InChI is InChI=1S/C18H15ClF3NO4S/c1-10(27-16(25)7-6-14(24)15-3-2-8-28-15)17(26)23-13-9-11(18(20,21)22)4-5-12(13)19/h2-5,8-10H,6-7H2,1H3,(H,23,26)/t10-/m1/s1. The van der Waals surface area contributed by atoms with Gasteiger partial charge in [-0.3, -0.25) is 14.4 Å². The lowest BCUT2D eigenvalue weighted by Gasteiger charge is -2.15. The maximum absolute atomic E-state index is 12.8. The fraction of sp³-hybridized carbons (Fsp3) is 0.278. The Kier molecular flexibility index (Phi) is 7.20. The molecule has 2 aromatic rings. The fourth-order valence-corrected chi connectivity index (χ4v) is 2.98. The number of alkyl halides is 3. The van der Waals surface area contributed by atoms with Crippen LogP contribution >= 0.6 is 22.9 Å². The van der Waals surface area contributed by atoms with Crippen LogP contribution in [0.3, 0.4) is 0 Å². The monoisotopic (exact) mass is 433 g/mol. The van der Waals surface area contributed by atoms with E-state index < -0.39 is 29.7 Å². The fourth-order valence-electron chi connectivity index (χ4n) is 2.12. The van der Waals surface area contributed by atoms with Crippen LogP contribution in [-0.2, 0) is 20.5 Å². The smallest absolute Gasteiger partial charge is 0.416 e. The van der Waals surface area contributed by atoms with Gasteiger partial charge < -0.3 is 10.1 Å². The second-order valence-electron chi connectivity index (χ2n) is 5.71. The van der Waals surface area contributed by atoms with Crippen LogP contribution in [0.4, 0.5) is 18.9 Å². The molecule has 150 valence electrons. The van der Waals surface area contributed by atoms with Crippen LogP contribution in [0.1, 0.15) is 35.0 Å². The number of anilines is 1. The van der Waals surface area contributed by atoms with Crippen LogP contribution < -0.4 is 5.32 Å². The number of ketones is 1. The maximum atomic E-state index is 12.8. The number of ether oxygens (including phenoxy) is 1. The van der Waals surface area contributed by atoms with Crippen molar-refractivity contribution in [3.8, 4) is 0 Å². The Labute approximate surface area is 167 Å². The first-order chi connectivity index (χ1) is 13.1. The van der Waals surface area contributed by atoms with Crippen LogP contribution in [-0.4, -0.2) is 23.8 Å². The van der Waals surface area contributed by atoms with Crippen LogP contribution in [0.25, 0.3) is 0 Å². The van der Waals surface area contributed by atoms with Gasteiger partial charge in [0.2, 0.25) is 0 Å². The summed E-state index contributed by atoms with van der Waals surface area (Å²) in [6.45, 7) is 1.26. The second kappa shape index (κ2) is 9.20. The Balaban J connectivity index is 1.90. The molecule has 1 aromatic carbocycles. The lowest BCUT2D eigenvalue weighted by molar-refractivity contribution is -0.153. The molecule has 1 atom stereocenters. The van der Waals surface area contributed by atoms with Gasteiger partial charge in [-0.05, 0) is 36.6 Å². The average molecular weight is 434 g/mol. The number of benzene rings is 1. The molecule has 0 fully saturated rings. The van der Waals surface area contributed by atoms with Crippen LogP contribution in [0, 0.1) is 0 Å². The minimum absolute atomic E-state index is 0.0762. The Morgan fingerprint density at radius 1 is 1.21 bits per heavy atom. The topological polar surface area (TPSA) is 72.5 Å². The van der Waals surface area contributed by atoms with Crippen molar-refractivity contribution < 1.29 is 32.3 Å². The minimum Gasteiger partial charge on any atom is -0.453 e. The summed E-state index contributed by atoms with van der Waals surface area (Å²) in [5.74, 6) is -1.85. The molecule has 0 saturated carbocycles. The van der Waals surface area contributed by atoms with Crippen LogP contribution in [0.15, 0.2) is 35.7 Å². The van der Waals surface area contributed by atoms with E-state index >= 15 is 0 Å². The molecule has 1 aromatic heterocycles. The zero-order valence-electron chi connectivity index (χ0n) is 14.5. The molecule has 10 heteroatoms. The molecule has 0 spiro atoms. The third kappa shape index (κ3) is 6.07. The summed E-state index contributed by atoms with van der Waals surface area (Å²) in [4.78, 5) is 36.3. The number of hydrogen-bond acceptors (Lipinski definition) is 5. The Morgan fingerprint density at radius 2 is 1.93 bits per heavy atom. The van der Waals surface area contributed by atoms with Crippen molar-refractivity contribution in [1.82, 2.24) is 0 Å². The van der Waals surface area contributed by atoms with Gasteiger partial charge in [-0.2, -0.15) is 13.2 Å². The average Bonchev–Trinajstić information content (AvgIpc) is 3.15. The molecule has 0 radical (unpaired) electrons. The molecule has 1 amide bonds. The number of halogens is 4. The quantitative estimate of drug-likeness (QED) is 0.495. The third-order valence-corrected chi connectivity index (χ3v) is 4.82. The van der Waals surface area contributed by atoms with Gasteiger partial charge in [0.15, 0.2) is 11.9 Å². The highest BCUT2D eigenvalue weighted by Gasteiger charge is 2.31. The summed E-state index contributed by atoms with van der Waals surface area (Å²) < 4.78 is 43.2. The van der Waals surface area contributed by atoms with E-state index in [2.05, 4.69) is 5.32 Å². The zero-order chi connectivity index (χ0) is 20.9. The van der Waals surface area contributed by atoms with Crippen molar-refractivity contribution in [3.05, 3.63) is 51.2 Å². The molecule has 0 saturated heterocycles. The zero-order valence-corrected chi connectivity index (χ0v) is 16.1. The Hall–Kier alpha value is -2.39. The predicted molar refractivity (Wildman–Crippen MR) is 98.5 cm³/mol. The number of rotatable bonds is 7. The molecule has 2 rings (SSSR count). The lowest BCUT2D eigenvalue weighted by Crippen LogP contribution is -2.30. The van der Waals surface area contributed by atoms with Crippen molar-refractivity contribution in [2.45, 2.75) is 32.0 Å². The van der Waals surface area contributed by atoms with E-state index in [9.17, 15) is 27.6 Å². The first kappa shape index (κ1) is 21.9. The molecule has 0 aliphatic rings. The highest BCUT2D eigenvalue weighted by Crippen LogP contribution is 2.33. The molecular formula is C18H15ClF3NO4S. The van der Waals surface area contributed by atoms with Gasteiger partial charge in [0.25, 0.3) is 5.91 Å². The van der Waals surface area contributed by atoms with Crippen molar-refractivity contribution in [2.24, 2.45) is 0 Å². The summed E-state index contributed by atoms with van der Waals surface area (Å²) in [6, 6.07) is 5.82.